The fraction of sp³-hybridized carbons (Fsp3) is 0.0645. The number of rotatable bonds is 7. The number of fused-ring (bicyclic) bond motifs is 1. The number of aromatic nitrogens is 4. The fourth-order valence-corrected chi connectivity index (χ4v) is 6.04. The van der Waals surface area contributed by atoms with E-state index >= 15 is 0 Å². The molecule has 0 saturated heterocycles. The van der Waals surface area contributed by atoms with Crippen molar-refractivity contribution in [3.05, 3.63) is 127 Å². The summed E-state index contributed by atoms with van der Waals surface area (Å²) in [6.07, 6.45) is -0.452. The van der Waals surface area contributed by atoms with Gasteiger partial charge in [0.25, 0.3) is 10.0 Å². The molecular formula is C31H22F3N5O2S. The predicted molar refractivity (Wildman–Crippen MR) is 154 cm³/mol. The maximum absolute atomic E-state index is 13.5. The molecule has 6 rings (SSSR count). The standard InChI is InChI=1S/C31H22F3N5O2S/c32-31(33,34)24-8-2-4-11-28(24)42(40,41)38-30-29(36-17-18-37-30)22-14-12-21(13-15-22)20-39-26-10-3-1-7-23(26)19-27(39)25-9-5-6-16-35-25/h1-19H,20H2,(H,37,38). The van der Waals surface area contributed by atoms with E-state index in [1.807, 2.05) is 54.6 Å². The van der Waals surface area contributed by atoms with Gasteiger partial charge in [0, 0.05) is 41.6 Å². The molecule has 6 aromatic rings. The molecule has 0 aliphatic rings. The average molecular weight is 586 g/mol. The van der Waals surface area contributed by atoms with Gasteiger partial charge in [0.1, 0.15) is 5.69 Å². The van der Waals surface area contributed by atoms with E-state index in [1.165, 1.54) is 18.5 Å². The number of nitrogens with zero attached hydrogens (tertiary/aromatic N) is 4. The van der Waals surface area contributed by atoms with Crippen molar-refractivity contribution in [3.8, 4) is 22.6 Å². The third kappa shape index (κ3) is 5.34. The third-order valence-electron chi connectivity index (χ3n) is 6.72. The highest BCUT2D eigenvalue weighted by Gasteiger charge is 2.37. The Labute approximate surface area is 239 Å². The van der Waals surface area contributed by atoms with Crippen molar-refractivity contribution in [2.75, 3.05) is 4.72 Å². The van der Waals surface area contributed by atoms with Crippen LogP contribution in [0.15, 0.2) is 121 Å². The smallest absolute Gasteiger partial charge is 0.335 e. The summed E-state index contributed by atoms with van der Waals surface area (Å²) in [5, 5.41) is 1.08. The highest BCUT2D eigenvalue weighted by Crippen LogP contribution is 2.35. The van der Waals surface area contributed by atoms with E-state index in [0.717, 1.165) is 46.1 Å². The lowest BCUT2D eigenvalue weighted by atomic mass is 10.1. The number of pyridine rings is 1. The molecule has 0 aliphatic carbocycles. The van der Waals surface area contributed by atoms with Crippen LogP contribution in [-0.4, -0.2) is 27.9 Å². The molecule has 0 saturated carbocycles. The molecule has 0 amide bonds. The quantitative estimate of drug-likeness (QED) is 0.217. The molecule has 0 spiro atoms. The van der Waals surface area contributed by atoms with E-state index in [-0.39, 0.29) is 11.5 Å². The maximum Gasteiger partial charge on any atom is 0.417 e. The summed E-state index contributed by atoms with van der Waals surface area (Å²) in [6, 6.07) is 27.2. The van der Waals surface area contributed by atoms with Gasteiger partial charge in [-0.15, -0.1) is 0 Å². The van der Waals surface area contributed by atoms with Gasteiger partial charge >= 0.3 is 6.18 Å². The van der Waals surface area contributed by atoms with E-state index < -0.39 is 26.7 Å². The molecule has 0 atom stereocenters. The summed E-state index contributed by atoms with van der Waals surface area (Å²) in [5.41, 5.74) is 3.26. The van der Waals surface area contributed by atoms with Crippen molar-refractivity contribution < 1.29 is 21.6 Å². The summed E-state index contributed by atoms with van der Waals surface area (Å²) >= 11 is 0. The normalized spacial score (nSPS) is 12.0. The Morgan fingerprint density at radius 1 is 0.762 bits per heavy atom. The van der Waals surface area contributed by atoms with Crippen LogP contribution >= 0.6 is 0 Å². The van der Waals surface area contributed by atoms with E-state index in [0.29, 0.717) is 12.1 Å². The SMILES string of the molecule is O=S(=O)(Nc1nccnc1-c1ccc(Cn2c(-c3ccccn3)cc3ccccc32)cc1)c1ccccc1C(F)(F)F. The number of halogens is 3. The first-order valence-corrected chi connectivity index (χ1v) is 14.3. The largest absolute Gasteiger partial charge is 0.417 e. The third-order valence-corrected chi connectivity index (χ3v) is 8.11. The number of sulfonamides is 1. The molecule has 210 valence electrons. The predicted octanol–water partition coefficient (Wildman–Crippen LogP) is 7.03. The first kappa shape index (κ1) is 27.2. The molecular weight excluding hydrogens is 563 g/mol. The molecule has 3 aromatic heterocycles. The topological polar surface area (TPSA) is 89.8 Å². The van der Waals surface area contributed by atoms with Crippen molar-refractivity contribution >= 4 is 26.7 Å². The Balaban J connectivity index is 1.32. The molecule has 0 bridgehead atoms. The Morgan fingerprint density at radius 2 is 1.48 bits per heavy atom. The lowest BCUT2D eigenvalue weighted by molar-refractivity contribution is -0.139. The van der Waals surface area contributed by atoms with Gasteiger partial charge < -0.3 is 4.57 Å². The van der Waals surface area contributed by atoms with E-state index in [9.17, 15) is 21.6 Å². The van der Waals surface area contributed by atoms with Gasteiger partial charge in [-0.25, -0.2) is 13.4 Å². The first-order chi connectivity index (χ1) is 20.2. The Morgan fingerprint density at radius 3 is 2.24 bits per heavy atom. The Bertz CT molecular complexity index is 1990. The zero-order valence-corrected chi connectivity index (χ0v) is 22.6. The molecule has 0 radical (unpaired) electrons. The van der Waals surface area contributed by atoms with Gasteiger partial charge in [-0.2, -0.15) is 13.2 Å². The van der Waals surface area contributed by atoms with Crippen LogP contribution < -0.4 is 4.72 Å². The number of hydrogen-bond acceptors (Lipinski definition) is 5. The summed E-state index contributed by atoms with van der Waals surface area (Å²) in [6.45, 7) is 0.536. The summed E-state index contributed by atoms with van der Waals surface area (Å²) in [7, 11) is -4.63. The monoisotopic (exact) mass is 585 g/mol. The highest BCUT2D eigenvalue weighted by atomic mass is 32.2. The Hall–Kier alpha value is -5.03. The van der Waals surface area contributed by atoms with Crippen molar-refractivity contribution in [1.29, 1.82) is 0 Å². The van der Waals surface area contributed by atoms with Crippen molar-refractivity contribution in [3.63, 3.8) is 0 Å². The minimum Gasteiger partial charge on any atom is -0.335 e. The van der Waals surface area contributed by atoms with E-state index in [2.05, 4.69) is 30.3 Å². The molecule has 42 heavy (non-hydrogen) atoms. The van der Waals surface area contributed by atoms with Gasteiger partial charge in [0.2, 0.25) is 0 Å². The van der Waals surface area contributed by atoms with E-state index in [1.54, 1.807) is 18.3 Å². The molecule has 3 heterocycles. The van der Waals surface area contributed by atoms with Crippen LogP contribution in [0, 0.1) is 0 Å². The van der Waals surface area contributed by atoms with Crippen molar-refractivity contribution in [2.24, 2.45) is 0 Å². The Kier molecular flexibility index (Phi) is 6.95. The van der Waals surface area contributed by atoms with Crippen LogP contribution in [0.4, 0.5) is 19.0 Å². The first-order valence-electron chi connectivity index (χ1n) is 12.8. The highest BCUT2D eigenvalue weighted by molar-refractivity contribution is 7.92. The fourth-order valence-electron chi connectivity index (χ4n) is 4.80. The second-order valence-corrected chi connectivity index (χ2v) is 11.1. The van der Waals surface area contributed by atoms with Crippen LogP contribution in [-0.2, 0) is 22.7 Å². The zero-order chi connectivity index (χ0) is 29.3. The maximum atomic E-state index is 13.5. The average Bonchev–Trinajstić information content (AvgIpc) is 3.36. The van der Waals surface area contributed by atoms with Crippen LogP contribution in [0.25, 0.3) is 33.5 Å². The summed E-state index contributed by atoms with van der Waals surface area (Å²) in [5.74, 6) is -0.184. The van der Waals surface area contributed by atoms with Crippen molar-refractivity contribution in [1.82, 2.24) is 19.5 Å². The number of hydrogen-bond donors (Lipinski definition) is 1. The van der Waals surface area contributed by atoms with Crippen LogP contribution in [0.1, 0.15) is 11.1 Å². The summed E-state index contributed by atoms with van der Waals surface area (Å²) in [4.78, 5) is 12.0. The second kappa shape index (κ2) is 10.7. The summed E-state index contributed by atoms with van der Waals surface area (Å²) < 4.78 is 71.0. The molecule has 1 N–H and O–H groups in total. The van der Waals surface area contributed by atoms with Gasteiger partial charge in [-0.3, -0.25) is 14.7 Å². The molecule has 0 fully saturated rings. The van der Waals surface area contributed by atoms with Crippen molar-refractivity contribution in [2.45, 2.75) is 17.6 Å². The number of para-hydroxylation sites is 1. The lowest BCUT2D eigenvalue weighted by Crippen LogP contribution is -2.20. The number of anilines is 1. The van der Waals surface area contributed by atoms with Gasteiger partial charge in [0.15, 0.2) is 5.82 Å². The van der Waals surface area contributed by atoms with E-state index in [4.69, 9.17) is 0 Å². The minimum absolute atomic E-state index is 0.178. The lowest BCUT2D eigenvalue weighted by Gasteiger charge is -2.15. The van der Waals surface area contributed by atoms with Crippen LogP contribution in [0.3, 0.4) is 0 Å². The molecule has 7 nitrogen and oxygen atoms in total. The zero-order valence-electron chi connectivity index (χ0n) is 21.8. The van der Waals surface area contributed by atoms with Crippen LogP contribution in [0.5, 0.6) is 0 Å². The van der Waals surface area contributed by atoms with Gasteiger partial charge in [-0.05, 0) is 42.0 Å². The molecule has 0 aliphatic heterocycles. The van der Waals surface area contributed by atoms with Gasteiger partial charge in [-0.1, -0.05) is 60.7 Å². The van der Waals surface area contributed by atoms with Gasteiger partial charge in [0.05, 0.1) is 21.8 Å². The second-order valence-electron chi connectivity index (χ2n) is 9.44. The number of nitrogens with one attached hydrogen (secondary N) is 1. The molecule has 11 heteroatoms. The van der Waals surface area contributed by atoms with Crippen LogP contribution in [0.2, 0.25) is 0 Å². The minimum atomic E-state index is -4.85. The number of benzene rings is 3. The molecule has 0 unspecified atom stereocenters. The number of alkyl halides is 3. The molecule has 3 aromatic carbocycles.